The van der Waals surface area contributed by atoms with Gasteiger partial charge in [-0.1, -0.05) is 23.8 Å². The van der Waals surface area contributed by atoms with E-state index in [1.165, 1.54) is 11.1 Å². The predicted octanol–water partition coefficient (Wildman–Crippen LogP) is 3.16. The normalized spacial score (nSPS) is 14.0. The van der Waals surface area contributed by atoms with E-state index in [1.807, 2.05) is 39.9 Å². The molecular formula is C19H19N3O. The second kappa shape index (κ2) is 5.54. The largest absolute Gasteiger partial charge is 0.312 e. The molecule has 0 aliphatic carbocycles. The number of amides is 1. The van der Waals surface area contributed by atoms with E-state index in [2.05, 4.69) is 30.1 Å². The molecule has 0 bridgehead atoms. The Balaban J connectivity index is 1.60. The van der Waals surface area contributed by atoms with Crippen LogP contribution in [0, 0.1) is 6.92 Å². The zero-order valence-electron chi connectivity index (χ0n) is 13.2. The van der Waals surface area contributed by atoms with Crippen LogP contribution in [-0.2, 0) is 17.6 Å². The van der Waals surface area contributed by atoms with Gasteiger partial charge >= 0.3 is 0 Å². The number of hydrogen-bond acceptors (Lipinski definition) is 2. The molecule has 0 radical (unpaired) electrons. The molecule has 3 aromatic rings. The summed E-state index contributed by atoms with van der Waals surface area (Å²) in [6.45, 7) is 2.89. The zero-order chi connectivity index (χ0) is 15.8. The molecule has 4 heteroatoms. The van der Waals surface area contributed by atoms with Crippen molar-refractivity contribution in [2.45, 2.75) is 26.2 Å². The van der Waals surface area contributed by atoms with E-state index in [0.29, 0.717) is 6.42 Å². The van der Waals surface area contributed by atoms with Crippen molar-refractivity contribution in [1.29, 1.82) is 0 Å². The molecule has 1 amide bonds. The first-order valence-corrected chi connectivity index (χ1v) is 8.03. The van der Waals surface area contributed by atoms with Crippen LogP contribution in [0.1, 0.15) is 23.2 Å². The Kier molecular flexibility index (Phi) is 3.37. The molecule has 0 unspecified atom stereocenters. The van der Waals surface area contributed by atoms with E-state index < -0.39 is 0 Å². The number of benzene rings is 1. The fourth-order valence-corrected chi connectivity index (χ4v) is 3.31. The summed E-state index contributed by atoms with van der Waals surface area (Å²) in [7, 11) is 0. The highest BCUT2D eigenvalue weighted by Gasteiger charge is 2.23. The number of fused-ring (bicyclic) bond motifs is 2. The number of aromatic nitrogens is 2. The van der Waals surface area contributed by atoms with Gasteiger partial charge in [-0.15, -0.1) is 0 Å². The average molecular weight is 305 g/mol. The minimum Gasteiger partial charge on any atom is -0.312 e. The molecule has 0 saturated carbocycles. The summed E-state index contributed by atoms with van der Waals surface area (Å²) >= 11 is 0. The maximum absolute atomic E-state index is 12.8. The quantitative estimate of drug-likeness (QED) is 0.729. The average Bonchev–Trinajstić information content (AvgIpc) is 2.96. The fraction of sp³-hybridized carbons (Fsp3) is 0.263. The van der Waals surface area contributed by atoms with Crippen LogP contribution in [0.2, 0.25) is 0 Å². The van der Waals surface area contributed by atoms with Crippen LogP contribution in [0.4, 0.5) is 5.69 Å². The molecule has 23 heavy (non-hydrogen) atoms. The third-order valence-corrected chi connectivity index (χ3v) is 4.40. The number of carbonyl (C=O) groups excluding carboxylic acids is 1. The van der Waals surface area contributed by atoms with Crippen molar-refractivity contribution in [2.24, 2.45) is 0 Å². The molecule has 0 N–H and O–H groups in total. The van der Waals surface area contributed by atoms with Crippen LogP contribution < -0.4 is 4.90 Å². The van der Waals surface area contributed by atoms with Crippen molar-refractivity contribution in [3.05, 3.63) is 65.6 Å². The molecule has 1 aromatic carbocycles. The van der Waals surface area contributed by atoms with Crippen molar-refractivity contribution in [1.82, 2.24) is 9.38 Å². The third kappa shape index (κ3) is 2.61. The first kappa shape index (κ1) is 14.0. The fourth-order valence-electron chi connectivity index (χ4n) is 3.31. The van der Waals surface area contributed by atoms with Crippen molar-refractivity contribution < 1.29 is 4.79 Å². The second-order valence-electron chi connectivity index (χ2n) is 6.16. The van der Waals surface area contributed by atoms with E-state index in [9.17, 15) is 4.79 Å². The Labute approximate surface area is 135 Å². The summed E-state index contributed by atoms with van der Waals surface area (Å²) in [6.07, 6.45) is 6.31. The van der Waals surface area contributed by atoms with E-state index in [4.69, 9.17) is 0 Å². The summed E-state index contributed by atoms with van der Waals surface area (Å²) in [4.78, 5) is 19.2. The molecule has 2 aromatic heterocycles. The Hall–Kier alpha value is -2.62. The Morgan fingerprint density at radius 3 is 3.04 bits per heavy atom. The van der Waals surface area contributed by atoms with Crippen molar-refractivity contribution >= 4 is 17.2 Å². The van der Waals surface area contributed by atoms with Gasteiger partial charge in [0.1, 0.15) is 5.65 Å². The SMILES string of the molecule is Cc1ccc2c(c1)CCCN2C(=O)Cc1cn2ccccc2n1. The summed E-state index contributed by atoms with van der Waals surface area (Å²) in [5, 5.41) is 0. The van der Waals surface area contributed by atoms with E-state index in [0.717, 1.165) is 36.4 Å². The molecule has 1 aliphatic heterocycles. The number of anilines is 1. The standard InChI is InChI=1S/C19H19N3O/c1-14-7-8-17-15(11-14)5-4-10-22(17)19(23)12-16-13-21-9-3-2-6-18(21)20-16/h2-3,6-9,11,13H,4-5,10,12H2,1H3. The maximum atomic E-state index is 12.8. The van der Waals surface area contributed by atoms with Gasteiger partial charge in [0.2, 0.25) is 5.91 Å². The van der Waals surface area contributed by atoms with Crippen molar-refractivity contribution in [3.63, 3.8) is 0 Å². The van der Waals surface area contributed by atoms with Gasteiger partial charge in [-0.2, -0.15) is 0 Å². The van der Waals surface area contributed by atoms with Crippen LogP contribution >= 0.6 is 0 Å². The minimum absolute atomic E-state index is 0.123. The number of hydrogen-bond donors (Lipinski definition) is 0. The van der Waals surface area contributed by atoms with Crippen LogP contribution in [0.15, 0.2) is 48.8 Å². The highest BCUT2D eigenvalue weighted by atomic mass is 16.2. The molecule has 0 saturated heterocycles. The van der Waals surface area contributed by atoms with Crippen LogP contribution in [0.25, 0.3) is 5.65 Å². The highest BCUT2D eigenvalue weighted by molar-refractivity contribution is 5.95. The molecular weight excluding hydrogens is 286 g/mol. The molecule has 4 rings (SSSR count). The lowest BCUT2D eigenvalue weighted by Gasteiger charge is -2.29. The number of rotatable bonds is 2. The Bertz CT molecular complexity index is 848. The Morgan fingerprint density at radius 1 is 1.26 bits per heavy atom. The van der Waals surface area contributed by atoms with Gasteiger partial charge in [-0.05, 0) is 43.5 Å². The van der Waals surface area contributed by atoms with E-state index in [-0.39, 0.29) is 5.91 Å². The first-order valence-electron chi connectivity index (χ1n) is 8.03. The predicted molar refractivity (Wildman–Crippen MR) is 90.7 cm³/mol. The number of imidazole rings is 1. The summed E-state index contributed by atoms with van der Waals surface area (Å²) in [5.41, 5.74) is 5.29. The van der Waals surface area contributed by atoms with E-state index >= 15 is 0 Å². The van der Waals surface area contributed by atoms with Gasteiger partial charge in [-0.25, -0.2) is 4.98 Å². The highest BCUT2D eigenvalue weighted by Crippen LogP contribution is 2.28. The van der Waals surface area contributed by atoms with Gasteiger partial charge in [-0.3, -0.25) is 4.79 Å². The summed E-state index contributed by atoms with van der Waals surface area (Å²) in [6, 6.07) is 12.2. The lowest BCUT2D eigenvalue weighted by Crippen LogP contribution is -2.36. The molecule has 4 nitrogen and oxygen atoms in total. The van der Waals surface area contributed by atoms with E-state index in [1.54, 1.807) is 0 Å². The van der Waals surface area contributed by atoms with Gasteiger partial charge in [0.25, 0.3) is 0 Å². The number of pyridine rings is 1. The molecule has 0 atom stereocenters. The van der Waals surface area contributed by atoms with Gasteiger partial charge in [0.05, 0.1) is 12.1 Å². The summed E-state index contributed by atoms with van der Waals surface area (Å²) < 4.78 is 1.95. The number of nitrogens with zero attached hydrogens (tertiary/aromatic N) is 3. The molecule has 3 heterocycles. The lowest BCUT2D eigenvalue weighted by atomic mass is 9.99. The second-order valence-corrected chi connectivity index (χ2v) is 6.16. The molecule has 0 spiro atoms. The zero-order valence-corrected chi connectivity index (χ0v) is 13.2. The van der Waals surface area contributed by atoms with Crippen LogP contribution in [0.5, 0.6) is 0 Å². The van der Waals surface area contributed by atoms with Gasteiger partial charge in [0, 0.05) is 24.6 Å². The summed E-state index contributed by atoms with van der Waals surface area (Å²) in [5.74, 6) is 0.123. The Morgan fingerprint density at radius 2 is 2.17 bits per heavy atom. The van der Waals surface area contributed by atoms with Crippen LogP contribution in [0.3, 0.4) is 0 Å². The molecule has 0 fully saturated rings. The monoisotopic (exact) mass is 305 g/mol. The van der Waals surface area contributed by atoms with Gasteiger partial charge in [0.15, 0.2) is 0 Å². The lowest BCUT2D eigenvalue weighted by molar-refractivity contribution is -0.118. The molecule has 1 aliphatic rings. The topological polar surface area (TPSA) is 37.6 Å². The number of carbonyl (C=O) groups is 1. The van der Waals surface area contributed by atoms with Crippen molar-refractivity contribution in [2.75, 3.05) is 11.4 Å². The maximum Gasteiger partial charge on any atom is 0.233 e. The number of aryl methyl sites for hydroxylation is 2. The van der Waals surface area contributed by atoms with Gasteiger partial charge < -0.3 is 9.30 Å². The van der Waals surface area contributed by atoms with Crippen LogP contribution in [-0.4, -0.2) is 21.8 Å². The first-order chi connectivity index (χ1) is 11.2. The smallest absolute Gasteiger partial charge is 0.233 e. The third-order valence-electron chi connectivity index (χ3n) is 4.40. The van der Waals surface area contributed by atoms with Crippen molar-refractivity contribution in [3.8, 4) is 0 Å². The molecule has 116 valence electrons. The minimum atomic E-state index is 0.123.